The van der Waals surface area contributed by atoms with E-state index in [9.17, 15) is 19.8 Å². The molecule has 1 aromatic rings. The number of carboxylic acids is 1. The van der Waals surface area contributed by atoms with Crippen LogP contribution in [0, 0.1) is 3.70 Å². The number of rotatable bonds is 2. The largest absolute Gasteiger partial charge is 0.478 e. The summed E-state index contributed by atoms with van der Waals surface area (Å²) < 4.78 is 7.15. The number of hydrogen-bond acceptors (Lipinski definition) is 5. The Balaban J connectivity index is 2.35. The van der Waals surface area contributed by atoms with Gasteiger partial charge in [-0.05, 0) is 43.4 Å². The highest BCUT2D eigenvalue weighted by Gasteiger charge is 2.35. The lowest BCUT2D eigenvalue weighted by Crippen LogP contribution is -2.45. The van der Waals surface area contributed by atoms with E-state index in [1.807, 2.05) is 22.6 Å². The van der Waals surface area contributed by atoms with Crippen LogP contribution in [0.3, 0.4) is 0 Å². The zero-order valence-electron chi connectivity index (χ0n) is 12.5. The van der Waals surface area contributed by atoms with Gasteiger partial charge in [-0.2, -0.15) is 5.10 Å². The molecule has 0 saturated heterocycles. The van der Waals surface area contributed by atoms with Crippen LogP contribution in [0.1, 0.15) is 42.9 Å². The number of aliphatic hydroxyl groups excluding tert-OH is 1. The Morgan fingerprint density at radius 1 is 1.45 bits per heavy atom. The molecule has 0 aliphatic carbocycles. The van der Waals surface area contributed by atoms with Gasteiger partial charge < -0.3 is 19.8 Å². The molecule has 22 heavy (non-hydrogen) atoms. The number of carbonyl (C=O) groups is 2. The van der Waals surface area contributed by atoms with E-state index in [0.29, 0.717) is 9.39 Å². The molecular weight excluding hydrogens is 405 g/mol. The van der Waals surface area contributed by atoms with Crippen molar-refractivity contribution >= 4 is 34.7 Å². The third-order valence-corrected chi connectivity index (χ3v) is 3.92. The molecule has 0 saturated carbocycles. The Labute approximate surface area is 141 Å². The lowest BCUT2D eigenvalue weighted by molar-refractivity contribution is 0.0126. The topological polar surface area (TPSA) is 105 Å². The molecule has 1 aliphatic heterocycles. The molecule has 1 aromatic heterocycles. The fourth-order valence-corrected chi connectivity index (χ4v) is 3.06. The number of carboxylic acid groups (broad SMARTS) is 1. The number of halogens is 1. The van der Waals surface area contributed by atoms with Crippen LogP contribution in [-0.4, -0.2) is 55.7 Å². The van der Waals surface area contributed by atoms with Gasteiger partial charge in [0.05, 0.1) is 24.9 Å². The quantitative estimate of drug-likeness (QED) is 0.699. The Morgan fingerprint density at radius 2 is 2.09 bits per heavy atom. The predicted molar refractivity (Wildman–Crippen MR) is 84.7 cm³/mol. The zero-order valence-corrected chi connectivity index (χ0v) is 14.7. The fraction of sp³-hybridized carbons (Fsp3) is 0.615. The first kappa shape index (κ1) is 17.0. The number of ether oxygens (including phenoxy) is 1. The second-order valence-electron chi connectivity index (χ2n) is 6.06. The first-order valence-corrected chi connectivity index (χ1v) is 7.81. The number of aromatic carboxylic acids is 1. The third kappa shape index (κ3) is 3.35. The van der Waals surface area contributed by atoms with Crippen LogP contribution < -0.4 is 0 Å². The highest BCUT2D eigenvalue weighted by Crippen LogP contribution is 2.27. The SMILES string of the molecule is CC(C)(C)OC(=O)N1Cc2c(C(=O)O)c(I)nn2C(CO)C1. The molecule has 1 unspecified atom stereocenters. The van der Waals surface area contributed by atoms with Crippen molar-refractivity contribution < 1.29 is 24.5 Å². The molecule has 0 fully saturated rings. The standard InChI is InChI=1S/C13H18IN3O5/c1-13(2,3)22-12(21)16-4-7(6-18)17-8(5-16)9(11(19)20)10(14)15-17/h7,18H,4-6H2,1-3H3,(H,19,20). The number of aliphatic hydroxyl groups is 1. The maximum atomic E-state index is 12.2. The Bertz CT molecular complexity index is 608. The van der Waals surface area contributed by atoms with Crippen molar-refractivity contribution in [2.24, 2.45) is 0 Å². The van der Waals surface area contributed by atoms with Crippen LogP contribution >= 0.6 is 22.6 Å². The molecule has 0 spiro atoms. The molecule has 8 nitrogen and oxygen atoms in total. The predicted octanol–water partition coefficient (Wildman–Crippen LogP) is 1.47. The summed E-state index contributed by atoms with van der Waals surface area (Å²) in [5.74, 6) is -1.10. The summed E-state index contributed by atoms with van der Waals surface area (Å²) in [6.07, 6.45) is -0.537. The minimum Gasteiger partial charge on any atom is -0.478 e. The van der Waals surface area contributed by atoms with E-state index in [-0.39, 0.29) is 25.3 Å². The molecule has 0 aromatic carbocycles. The maximum Gasteiger partial charge on any atom is 0.410 e. The summed E-state index contributed by atoms with van der Waals surface area (Å²) in [6.45, 7) is 5.33. The highest BCUT2D eigenvalue weighted by atomic mass is 127. The summed E-state index contributed by atoms with van der Waals surface area (Å²) in [5, 5.41) is 23.0. The molecule has 122 valence electrons. The van der Waals surface area contributed by atoms with Gasteiger partial charge in [0.2, 0.25) is 0 Å². The second kappa shape index (κ2) is 6.03. The number of nitrogens with zero attached hydrogens (tertiary/aromatic N) is 3. The fourth-order valence-electron chi connectivity index (χ4n) is 2.28. The highest BCUT2D eigenvalue weighted by molar-refractivity contribution is 14.1. The molecule has 0 radical (unpaired) electrons. The Kier molecular flexibility index (Phi) is 4.66. The average Bonchev–Trinajstić information content (AvgIpc) is 2.71. The minimum atomic E-state index is -1.10. The van der Waals surface area contributed by atoms with Crippen molar-refractivity contribution in [1.29, 1.82) is 0 Å². The van der Waals surface area contributed by atoms with Crippen LogP contribution in [0.15, 0.2) is 0 Å². The molecule has 2 N–H and O–H groups in total. The number of hydrogen-bond donors (Lipinski definition) is 2. The Morgan fingerprint density at radius 3 is 2.59 bits per heavy atom. The van der Waals surface area contributed by atoms with Crippen LogP contribution in [0.25, 0.3) is 0 Å². The smallest absolute Gasteiger partial charge is 0.410 e. The number of aromatic nitrogens is 2. The van der Waals surface area contributed by atoms with Crippen molar-refractivity contribution in [3.8, 4) is 0 Å². The summed E-state index contributed by atoms with van der Waals surface area (Å²) in [4.78, 5) is 25.0. The van der Waals surface area contributed by atoms with E-state index in [1.54, 1.807) is 20.8 Å². The molecule has 2 rings (SSSR count). The molecule has 9 heteroatoms. The summed E-state index contributed by atoms with van der Waals surface area (Å²) in [5.41, 5.74) is -0.187. The average molecular weight is 423 g/mol. The zero-order chi connectivity index (χ0) is 16.7. The minimum absolute atomic E-state index is 0.0623. The van der Waals surface area contributed by atoms with Crippen molar-refractivity contribution in [3.05, 3.63) is 15.0 Å². The molecule has 2 heterocycles. The van der Waals surface area contributed by atoms with E-state index in [2.05, 4.69) is 5.10 Å². The van der Waals surface area contributed by atoms with Crippen LogP contribution in [-0.2, 0) is 11.3 Å². The molecule has 1 amide bonds. The van der Waals surface area contributed by atoms with Gasteiger partial charge in [-0.3, -0.25) is 4.68 Å². The van der Waals surface area contributed by atoms with Crippen LogP contribution in [0.4, 0.5) is 4.79 Å². The normalized spacial score (nSPS) is 18.0. The van der Waals surface area contributed by atoms with E-state index >= 15 is 0 Å². The monoisotopic (exact) mass is 423 g/mol. The molecule has 1 aliphatic rings. The first-order chi connectivity index (χ1) is 10.1. The lowest BCUT2D eigenvalue weighted by atomic mass is 10.1. The van der Waals surface area contributed by atoms with E-state index < -0.39 is 23.7 Å². The van der Waals surface area contributed by atoms with Crippen molar-refractivity contribution in [1.82, 2.24) is 14.7 Å². The number of carbonyl (C=O) groups excluding carboxylic acids is 1. The number of amides is 1. The second-order valence-corrected chi connectivity index (χ2v) is 7.08. The van der Waals surface area contributed by atoms with Crippen LogP contribution in [0.5, 0.6) is 0 Å². The van der Waals surface area contributed by atoms with Gasteiger partial charge in [-0.1, -0.05) is 0 Å². The van der Waals surface area contributed by atoms with Crippen molar-refractivity contribution in [2.45, 2.75) is 39.0 Å². The van der Waals surface area contributed by atoms with Gasteiger partial charge in [0.15, 0.2) is 0 Å². The third-order valence-electron chi connectivity index (χ3n) is 3.16. The Hall–Kier alpha value is -1.36. The van der Waals surface area contributed by atoms with E-state index in [0.717, 1.165) is 0 Å². The van der Waals surface area contributed by atoms with Crippen molar-refractivity contribution in [3.63, 3.8) is 0 Å². The summed E-state index contributed by atoms with van der Waals surface area (Å²) in [7, 11) is 0. The van der Waals surface area contributed by atoms with Gasteiger partial charge in [0.1, 0.15) is 14.9 Å². The lowest BCUT2D eigenvalue weighted by Gasteiger charge is -2.34. The van der Waals surface area contributed by atoms with Gasteiger partial charge >= 0.3 is 12.1 Å². The van der Waals surface area contributed by atoms with Crippen LogP contribution in [0.2, 0.25) is 0 Å². The van der Waals surface area contributed by atoms with Gasteiger partial charge in [0.25, 0.3) is 0 Å². The first-order valence-electron chi connectivity index (χ1n) is 6.73. The molecule has 0 bridgehead atoms. The molecule has 1 atom stereocenters. The van der Waals surface area contributed by atoms with E-state index in [1.165, 1.54) is 9.58 Å². The van der Waals surface area contributed by atoms with E-state index in [4.69, 9.17) is 4.74 Å². The van der Waals surface area contributed by atoms with Crippen molar-refractivity contribution in [2.75, 3.05) is 13.2 Å². The van der Waals surface area contributed by atoms with Gasteiger partial charge in [0, 0.05) is 6.54 Å². The maximum absolute atomic E-state index is 12.2. The van der Waals surface area contributed by atoms with Gasteiger partial charge in [-0.15, -0.1) is 0 Å². The number of fused-ring (bicyclic) bond motifs is 1. The van der Waals surface area contributed by atoms with Gasteiger partial charge in [-0.25, -0.2) is 9.59 Å². The summed E-state index contributed by atoms with van der Waals surface area (Å²) >= 11 is 1.84. The summed E-state index contributed by atoms with van der Waals surface area (Å²) in [6, 6.07) is -0.488. The molecular formula is C13H18IN3O5.